The van der Waals surface area contributed by atoms with Gasteiger partial charge in [-0.25, -0.2) is 0 Å². The molecule has 0 radical (unpaired) electrons. The van der Waals surface area contributed by atoms with E-state index in [0.29, 0.717) is 6.42 Å². The molecule has 0 atom stereocenters. The number of carbonyl (C=O) groups is 1. The van der Waals surface area contributed by atoms with Crippen molar-refractivity contribution < 1.29 is 4.79 Å². The van der Waals surface area contributed by atoms with Gasteiger partial charge in [-0.1, -0.05) is 19.9 Å². The maximum atomic E-state index is 11.6. The molecule has 1 amide bonds. The summed E-state index contributed by atoms with van der Waals surface area (Å²) in [6, 6.07) is 4.19. The lowest BCUT2D eigenvalue weighted by Crippen LogP contribution is -2.34. The zero-order valence-electron chi connectivity index (χ0n) is 11.4. The minimum atomic E-state index is 0.179. The molecule has 3 nitrogen and oxygen atoms in total. The number of likely N-dealkylation sites (N-methyl/N-ethyl adjacent to an activating group) is 1. The number of carbonyl (C=O) groups excluding carboxylic acids is 1. The number of amides is 1. The minimum Gasteiger partial charge on any atom is -0.355 e. The van der Waals surface area contributed by atoms with Crippen LogP contribution in [0.4, 0.5) is 0 Å². The molecule has 0 spiro atoms. The van der Waals surface area contributed by atoms with Crippen LogP contribution in [0.15, 0.2) is 17.5 Å². The van der Waals surface area contributed by atoms with Crippen LogP contribution >= 0.6 is 11.3 Å². The van der Waals surface area contributed by atoms with E-state index in [1.807, 2.05) is 0 Å². The first kappa shape index (κ1) is 15.2. The van der Waals surface area contributed by atoms with Crippen molar-refractivity contribution in [3.8, 4) is 0 Å². The normalized spacial score (nSPS) is 10.8. The molecule has 0 saturated carbocycles. The van der Waals surface area contributed by atoms with Gasteiger partial charge in [-0.05, 0) is 37.4 Å². The van der Waals surface area contributed by atoms with Gasteiger partial charge in [0.25, 0.3) is 0 Å². The van der Waals surface area contributed by atoms with Gasteiger partial charge in [-0.3, -0.25) is 4.79 Å². The van der Waals surface area contributed by atoms with Gasteiger partial charge in [-0.15, -0.1) is 11.3 Å². The van der Waals surface area contributed by atoms with E-state index in [0.717, 1.165) is 39.0 Å². The maximum Gasteiger partial charge on any atom is 0.220 e. The lowest BCUT2D eigenvalue weighted by molar-refractivity contribution is -0.121. The van der Waals surface area contributed by atoms with Crippen LogP contribution in [-0.4, -0.2) is 37.0 Å². The quantitative estimate of drug-likeness (QED) is 0.746. The molecule has 4 heteroatoms. The van der Waals surface area contributed by atoms with Crippen molar-refractivity contribution in [2.24, 2.45) is 0 Å². The van der Waals surface area contributed by atoms with Gasteiger partial charge in [0.2, 0.25) is 5.91 Å². The smallest absolute Gasteiger partial charge is 0.220 e. The van der Waals surface area contributed by atoms with Crippen LogP contribution in [0.25, 0.3) is 0 Å². The van der Waals surface area contributed by atoms with Crippen molar-refractivity contribution in [1.82, 2.24) is 10.2 Å². The fourth-order valence-corrected chi connectivity index (χ4v) is 2.61. The Morgan fingerprint density at radius 3 is 2.78 bits per heavy atom. The van der Waals surface area contributed by atoms with E-state index in [4.69, 9.17) is 0 Å². The third-order valence-corrected chi connectivity index (χ3v) is 3.99. The van der Waals surface area contributed by atoms with E-state index < -0.39 is 0 Å². The van der Waals surface area contributed by atoms with E-state index >= 15 is 0 Å². The van der Waals surface area contributed by atoms with Crippen molar-refractivity contribution in [1.29, 1.82) is 0 Å². The SMILES string of the molecule is CCN(CC)CCNC(=O)CCCc1cccs1. The zero-order valence-corrected chi connectivity index (χ0v) is 12.3. The molecule has 1 N–H and O–H groups in total. The highest BCUT2D eigenvalue weighted by molar-refractivity contribution is 7.09. The molecule has 0 bridgehead atoms. The number of thiophene rings is 1. The van der Waals surface area contributed by atoms with Crippen LogP contribution in [0, 0.1) is 0 Å². The first-order valence-electron chi connectivity index (χ1n) is 6.77. The minimum absolute atomic E-state index is 0.179. The van der Waals surface area contributed by atoms with Gasteiger partial charge in [0.1, 0.15) is 0 Å². The summed E-state index contributed by atoms with van der Waals surface area (Å²) in [6.45, 7) is 8.09. The highest BCUT2D eigenvalue weighted by Gasteiger charge is 2.03. The van der Waals surface area contributed by atoms with E-state index in [2.05, 4.69) is 41.6 Å². The Labute approximate surface area is 114 Å². The summed E-state index contributed by atoms with van der Waals surface area (Å²) >= 11 is 1.76. The highest BCUT2D eigenvalue weighted by atomic mass is 32.1. The second-order valence-corrected chi connectivity index (χ2v) is 5.34. The first-order valence-corrected chi connectivity index (χ1v) is 7.65. The average molecular weight is 268 g/mol. The summed E-state index contributed by atoms with van der Waals surface area (Å²) < 4.78 is 0. The molecule has 1 heterocycles. The highest BCUT2D eigenvalue weighted by Crippen LogP contribution is 2.11. The van der Waals surface area contributed by atoms with Crippen LogP contribution in [0.2, 0.25) is 0 Å². The topological polar surface area (TPSA) is 32.3 Å². The lowest BCUT2D eigenvalue weighted by Gasteiger charge is -2.17. The first-order chi connectivity index (χ1) is 8.76. The largest absolute Gasteiger partial charge is 0.355 e. The number of nitrogens with one attached hydrogen (secondary N) is 1. The molecule has 1 aromatic heterocycles. The number of rotatable bonds is 9. The lowest BCUT2D eigenvalue weighted by atomic mass is 10.2. The standard InChI is InChI=1S/C14H24N2OS/c1-3-16(4-2)11-10-15-14(17)9-5-7-13-8-6-12-18-13/h6,8,12H,3-5,7,9-11H2,1-2H3,(H,15,17). The van der Waals surface area contributed by atoms with Crippen molar-refractivity contribution in [3.05, 3.63) is 22.4 Å². The van der Waals surface area contributed by atoms with E-state index in [1.165, 1.54) is 4.88 Å². The van der Waals surface area contributed by atoms with Crippen molar-refractivity contribution in [2.45, 2.75) is 33.1 Å². The molecule has 1 aromatic rings. The van der Waals surface area contributed by atoms with Crippen molar-refractivity contribution >= 4 is 17.2 Å². The van der Waals surface area contributed by atoms with E-state index in [1.54, 1.807) is 11.3 Å². The number of hydrogen-bond donors (Lipinski definition) is 1. The molecule has 0 saturated heterocycles. The molecule has 0 aliphatic rings. The van der Waals surface area contributed by atoms with Gasteiger partial charge in [-0.2, -0.15) is 0 Å². The summed E-state index contributed by atoms with van der Waals surface area (Å²) in [4.78, 5) is 15.3. The van der Waals surface area contributed by atoms with Gasteiger partial charge >= 0.3 is 0 Å². The number of hydrogen-bond acceptors (Lipinski definition) is 3. The Kier molecular flexibility index (Phi) is 7.69. The molecule has 0 fully saturated rings. The number of aryl methyl sites for hydroxylation is 1. The predicted molar refractivity (Wildman–Crippen MR) is 78.1 cm³/mol. The molecule has 0 aliphatic carbocycles. The Balaban J connectivity index is 2.03. The molecule has 18 heavy (non-hydrogen) atoms. The molecule has 0 unspecified atom stereocenters. The second-order valence-electron chi connectivity index (χ2n) is 4.31. The summed E-state index contributed by atoms with van der Waals surface area (Å²) in [5.41, 5.74) is 0. The Morgan fingerprint density at radius 2 is 2.17 bits per heavy atom. The van der Waals surface area contributed by atoms with Crippen molar-refractivity contribution in [3.63, 3.8) is 0 Å². The molecule has 1 rings (SSSR count). The van der Waals surface area contributed by atoms with Crippen LogP contribution < -0.4 is 5.32 Å². The van der Waals surface area contributed by atoms with Gasteiger partial charge in [0.05, 0.1) is 0 Å². The van der Waals surface area contributed by atoms with E-state index in [-0.39, 0.29) is 5.91 Å². The number of nitrogens with zero attached hydrogens (tertiary/aromatic N) is 1. The van der Waals surface area contributed by atoms with Gasteiger partial charge in [0.15, 0.2) is 0 Å². The summed E-state index contributed by atoms with van der Waals surface area (Å²) in [5.74, 6) is 0.179. The van der Waals surface area contributed by atoms with Crippen molar-refractivity contribution in [2.75, 3.05) is 26.2 Å². The Hall–Kier alpha value is -0.870. The van der Waals surface area contributed by atoms with Crippen LogP contribution in [0.3, 0.4) is 0 Å². The molecular weight excluding hydrogens is 244 g/mol. The molecule has 102 valence electrons. The molecule has 0 aliphatic heterocycles. The Morgan fingerprint density at radius 1 is 1.39 bits per heavy atom. The van der Waals surface area contributed by atoms with Crippen LogP contribution in [-0.2, 0) is 11.2 Å². The van der Waals surface area contributed by atoms with Crippen LogP contribution in [0.1, 0.15) is 31.6 Å². The monoisotopic (exact) mass is 268 g/mol. The van der Waals surface area contributed by atoms with Gasteiger partial charge < -0.3 is 10.2 Å². The zero-order chi connectivity index (χ0) is 13.2. The van der Waals surface area contributed by atoms with Crippen LogP contribution in [0.5, 0.6) is 0 Å². The fourth-order valence-electron chi connectivity index (χ4n) is 1.86. The molecular formula is C14H24N2OS. The average Bonchev–Trinajstić information content (AvgIpc) is 2.88. The maximum absolute atomic E-state index is 11.6. The summed E-state index contributed by atoms with van der Waals surface area (Å²) in [7, 11) is 0. The van der Waals surface area contributed by atoms with E-state index in [9.17, 15) is 4.79 Å². The predicted octanol–water partition coefficient (Wildman–Crippen LogP) is 2.53. The third-order valence-electron chi connectivity index (χ3n) is 3.05. The molecule has 0 aromatic carbocycles. The Bertz CT molecular complexity index is 321. The summed E-state index contributed by atoms with van der Waals surface area (Å²) in [5, 5.41) is 5.07. The third kappa shape index (κ3) is 6.17. The fraction of sp³-hybridized carbons (Fsp3) is 0.643. The summed E-state index contributed by atoms with van der Waals surface area (Å²) in [6.07, 6.45) is 2.59. The van der Waals surface area contributed by atoms with Gasteiger partial charge in [0, 0.05) is 24.4 Å². The second kappa shape index (κ2) is 9.11.